The van der Waals surface area contributed by atoms with Gasteiger partial charge in [0.05, 0.1) is 17.2 Å². The Morgan fingerprint density at radius 3 is 2.74 bits per heavy atom. The molecule has 0 bridgehead atoms. The summed E-state index contributed by atoms with van der Waals surface area (Å²) in [5.74, 6) is -1.39. The lowest BCUT2D eigenvalue weighted by atomic mass is 9.97. The number of hydrogen-bond acceptors (Lipinski definition) is 3. The van der Waals surface area contributed by atoms with Gasteiger partial charge in [-0.25, -0.2) is 0 Å². The number of piperidine rings is 1. The maximum Gasteiger partial charge on any atom is 0.308 e. The Kier molecular flexibility index (Phi) is 3.83. The van der Waals surface area contributed by atoms with Gasteiger partial charge < -0.3 is 10.0 Å². The summed E-state index contributed by atoms with van der Waals surface area (Å²) >= 11 is 0. The molecule has 1 aliphatic rings. The number of rotatable bonds is 2. The number of carboxylic acid groups (broad SMARTS) is 1. The minimum absolute atomic E-state index is 0.115. The van der Waals surface area contributed by atoms with E-state index in [1.165, 1.54) is 0 Å². The van der Waals surface area contributed by atoms with Crippen LogP contribution in [0.4, 0.5) is 0 Å². The Morgan fingerprint density at radius 2 is 2.11 bits per heavy atom. The smallest absolute Gasteiger partial charge is 0.308 e. The lowest BCUT2D eigenvalue weighted by Crippen LogP contribution is -2.42. The molecule has 2 rings (SSSR count). The fourth-order valence-electron chi connectivity index (χ4n) is 2.45. The average molecular weight is 262 g/mol. The zero-order valence-electron chi connectivity index (χ0n) is 11.2. The molecular weight excluding hydrogens is 244 g/mol. The molecule has 2 heterocycles. The molecular formula is C14H18N2O3. The minimum atomic E-state index is -0.823. The van der Waals surface area contributed by atoms with Crippen molar-refractivity contribution in [2.45, 2.75) is 26.7 Å². The van der Waals surface area contributed by atoms with E-state index in [1.807, 2.05) is 6.92 Å². The van der Waals surface area contributed by atoms with Gasteiger partial charge in [-0.2, -0.15) is 0 Å². The number of hydrogen-bond donors (Lipinski definition) is 1. The van der Waals surface area contributed by atoms with Crippen molar-refractivity contribution in [1.29, 1.82) is 0 Å². The Morgan fingerprint density at radius 1 is 1.37 bits per heavy atom. The number of aromatic nitrogens is 1. The number of nitrogens with zero attached hydrogens (tertiary/aromatic N) is 2. The van der Waals surface area contributed by atoms with Gasteiger partial charge in [0.15, 0.2) is 0 Å². The topological polar surface area (TPSA) is 70.5 Å². The molecule has 0 spiro atoms. The lowest BCUT2D eigenvalue weighted by Gasteiger charge is -2.31. The molecule has 5 nitrogen and oxygen atoms in total. The zero-order chi connectivity index (χ0) is 14.0. The van der Waals surface area contributed by atoms with Gasteiger partial charge in [-0.3, -0.25) is 14.6 Å². The molecule has 1 aromatic rings. The van der Waals surface area contributed by atoms with Crippen molar-refractivity contribution in [3.8, 4) is 0 Å². The second-order valence-electron chi connectivity index (χ2n) is 5.01. The first-order valence-corrected chi connectivity index (χ1v) is 6.45. The first-order chi connectivity index (χ1) is 8.99. The van der Waals surface area contributed by atoms with Crippen LogP contribution in [-0.4, -0.2) is 40.0 Å². The number of carbonyl (C=O) groups is 2. The summed E-state index contributed by atoms with van der Waals surface area (Å²) in [6.45, 7) is 4.60. The highest BCUT2D eigenvalue weighted by Gasteiger charge is 2.29. The van der Waals surface area contributed by atoms with Gasteiger partial charge in [-0.15, -0.1) is 0 Å². The molecule has 0 saturated carbocycles. The van der Waals surface area contributed by atoms with Gasteiger partial charge in [0.25, 0.3) is 5.91 Å². The van der Waals surface area contributed by atoms with Crippen LogP contribution in [-0.2, 0) is 4.79 Å². The number of carboxylic acids is 1. The fourth-order valence-corrected chi connectivity index (χ4v) is 2.45. The van der Waals surface area contributed by atoms with Crippen LogP contribution in [0, 0.1) is 19.8 Å². The molecule has 1 saturated heterocycles. The van der Waals surface area contributed by atoms with Crippen molar-refractivity contribution in [2.24, 2.45) is 5.92 Å². The van der Waals surface area contributed by atoms with Gasteiger partial charge in [-0.05, 0) is 38.8 Å². The van der Waals surface area contributed by atoms with E-state index < -0.39 is 11.9 Å². The molecule has 0 aliphatic carbocycles. The summed E-state index contributed by atoms with van der Waals surface area (Å²) in [5.41, 5.74) is 2.13. The number of aryl methyl sites for hydroxylation is 2. The molecule has 1 aromatic heterocycles. The van der Waals surface area contributed by atoms with Crippen molar-refractivity contribution in [3.05, 3.63) is 29.1 Å². The molecule has 0 radical (unpaired) electrons. The van der Waals surface area contributed by atoms with Crippen molar-refractivity contribution >= 4 is 11.9 Å². The van der Waals surface area contributed by atoms with Crippen LogP contribution in [0.3, 0.4) is 0 Å². The van der Waals surface area contributed by atoms with Crippen LogP contribution in [0.15, 0.2) is 12.1 Å². The predicted molar refractivity (Wildman–Crippen MR) is 70.0 cm³/mol. The Bertz CT molecular complexity index is 513. The Hall–Kier alpha value is -1.91. The molecule has 1 amide bonds. The molecule has 1 fully saturated rings. The Labute approximate surface area is 112 Å². The van der Waals surface area contributed by atoms with E-state index in [4.69, 9.17) is 5.11 Å². The van der Waals surface area contributed by atoms with E-state index in [2.05, 4.69) is 4.98 Å². The van der Waals surface area contributed by atoms with Gasteiger partial charge in [-0.1, -0.05) is 0 Å². The summed E-state index contributed by atoms with van der Waals surface area (Å²) in [6.07, 6.45) is 1.38. The van der Waals surface area contributed by atoms with Gasteiger partial charge in [0, 0.05) is 18.8 Å². The maximum atomic E-state index is 12.4. The first kappa shape index (κ1) is 13.5. The van der Waals surface area contributed by atoms with E-state index in [0.717, 1.165) is 12.1 Å². The number of likely N-dealkylation sites (tertiary alicyclic amines) is 1. The molecule has 102 valence electrons. The summed E-state index contributed by atoms with van der Waals surface area (Å²) in [5, 5.41) is 9.05. The summed E-state index contributed by atoms with van der Waals surface area (Å²) in [6, 6.07) is 3.57. The molecule has 19 heavy (non-hydrogen) atoms. The number of amides is 1. The van der Waals surface area contributed by atoms with Crippen LogP contribution in [0.25, 0.3) is 0 Å². The third-order valence-electron chi connectivity index (χ3n) is 3.51. The van der Waals surface area contributed by atoms with Crippen molar-refractivity contribution in [2.75, 3.05) is 13.1 Å². The molecule has 1 N–H and O–H groups in total. The van der Waals surface area contributed by atoms with Gasteiger partial charge >= 0.3 is 5.97 Å². The van der Waals surface area contributed by atoms with Crippen molar-refractivity contribution < 1.29 is 14.7 Å². The van der Waals surface area contributed by atoms with E-state index >= 15 is 0 Å². The molecule has 1 unspecified atom stereocenters. The lowest BCUT2D eigenvalue weighted by molar-refractivity contribution is -0.143. The van der Waals surface area contributed by atoms with Crippen molar-refractivity contribution in [1.82, 2.24) is 9.88 Å². The van der Waals surface area contributed by atoms with Crippen LogP contribution in [0.5, 0.6) is 0 Å². The second kappa shape index (κ2) is 5.38. The highest BCUT2D eigenvalue weighted by molar-refractivity contribution is 5.95. The highest BCUT2D eigenvalue weighted by Crippen LogP contribution is 2.19. The molecule has 0 aromatic carbocycles. The monoisotopic (exact) mass is 262 g/mol. The molecule has 1 atom stereocenters. The number of carbonyl (C=O) groups excluding carboxylic acids is 1. The van der Waals surface area contributed by atoms with Crippen LogP contribution >= 0.6 is 0 Å². The quantitative estimate of drug-likeness (QED) is 0.879. The van der Waals surface area contributed by atoms with Crippen LogP contribution in [0.1, 0.15) is 34.6 Å². The average Bonchev–Trinajstić information content (AvgIpc) is 2.38. The fraction of sp³-hybridized carbons (Fsp3) is 0.500. The van der Waals surface area contributed by atoms with Crippen LogP contribution in [0.2, 0.25) is 0 Å². The third-order valence-corrected chi connectivity index (χ3v) is 3.51. The predicted octanol–water partition coefficient (Wildman–Crippen LogP) is 1.64. The standard InChI is InChI=1S/C14H18N2O3/c1-9-5-6-12(10(2)15-9)13(17)16-7-3-4-11(8-16)14(18)19/h5-6,11H,3-4,7-8H2,1-2H3,(H,18,19). The summed E-state index contributed by atoms with van der Waals surface area (Å²) in [7, 11) is 0. The van der Waals surface area contributed by atoms with E-state index in [0.29, 0.717) is 30.8 Å². The molecule has 5 heteroatoms. The second-order valence-corrected chi connectivity index (χ2v) is 5.01. The molecule has 1 aliphatic heterocycles. The Balaban J connectivity index is 2.17. The number of aliphatic carboxylic acids is 1. The number of pyridine rings is 1. The van der Waals surface area contributed by atoms with Gasteiger partial charge in [0.2, 0.25) is 0 Å². The maximum absolute atomic E-state index is 12.4. The minimum Gasteiger partial charge on any atom is -0.481 e. The SMILES string of the molecule is Cc1ccc(C(=O)N2CCCC(C(=O)O)C2)c(C)n1. The zero-order valence-corrected chi connectivity index (χ0v) is 11.2. The van der Waals surface area contributed by atoms with Crippen LogP contribution < -0.4 is 0 Å². The highest BCUT2D eigenvalue weighted by atomic mass is 16.4. The van der Waals surface area contributed by atoms with Gasteiger partial charge in [0.1, 0.15) is 0 Å². The third kappa shape index (κ3) is 2.92. The largest absolute Gasteiger partial charge is 0.481 e. The van der Waals surface area contributed by atoms with E-state index in [9.17, 15) is 9.59 Å². The van der Waals surface area contributed by atoms with E-state index in [-0.39, 0.29) is 5.91 Å². The van der Waals surface area contributed by atoms with Crippen molar-refractivity contribution in [3.63, 3.8) is 0 Å². The van der Waals surface area contributed by atoms with E-state index in [1.54, 1.807) is 24.0 Å². The normalized spacial score (nSPS) is 19.3. The first-order valence-electron chi connectivity index (χ1n) is 6.45. The summed E-state index contributed by atoms with van der Waals surface area (Å²) in [4.78, 5) is 29.3. The summed E-state index contributed by atoms with van der Waals surface area (Å²) < 4.78 is 0.